The molecule has 1 amide bonds. The Kier molecular flexibility index (Phi) is 6.88. The fourth-order valence-electron chi connectivity index (χ4n) is 3.47. The van der Waals surface area contributed by atoms with Crippen LogP contribution in [0.25, 0.3) is 0 Å². The third-order valence-electron chi connectivity index (χ3n) is 5.38. The largest absolute Gasteiger partial charge is 0.340 e. The van der Waals surface area contributed by atoms with E-state index in [0.29, 0.717) is 24.8 Å². The third kappa shape index (κ3) is 5.05. The van der Waals surface area contributed by atoms with E-state index in [1.165, 1.54) is 5.56 Å². The van der Waals surface area contributed by atoms with Gasteiger partial charge in [0, 0.05) is 32.6 Å². The lowest BCUT2D eigenvalue weighted by Gasteiger charge is -2.34. The van der Waals surface area contributed by atoms with Gasteiger partial charge in [-0.3, -0.25) is 4.79 Å². The number of nitrogens with zero attached hydrogens (tertiary/aromatic N) is 2. The summed E-state index contributed by atoms with van der Waals surface area (Å²) >= 11 is 0. The molecule has 1 heterocycles. The van der Waals surface area contributed by atoms with Gasteiger partial charge < -0.3 is 4.90 Å². The smallest absolute Gasteiger partial charge is 0.246 e. The molecule has 162 valence electrons. The number of rotatable bonds is 6. The van der Waals surface area contributed by atoms with Crippen LogP contribution in [0.15, 0.2) is 47.4 Å². The first-order valence-corrected chi connectivity index (χ1v) is 11.4. The molecular formula is C22H26F2N2O3S. The highest BCUT2D eigenvalue weighted by molar-refractivity contribution is 7.89. The van der Waals surface area contributed by atoms with Crippen molar-refractivity contribution in [1.29, 1.82) is 0 Å². The van der Waals surface area contributed by atoms with Crippen LogP contribution >= 0.6 is 0 Å². The molecule has 0 unspecified atom stereocenters. The maximum absolute atomic E-state index is 13.9. The van der Waals surface area contributed by atoms with Gasteiger partial charge in [0.05, 0.1) is 0 Å². The Hall–Kier alpha value is -2.32. The maximum Gasteiger partial charge on any atom is 0.246 e. The van der Waals surface area contributed by atoms with E-state index in [1.807, 2.05) is 12.1 Å². The van der Waals surface area contributed by atoms with Gasteiger partial charge >= 0.3 is 0 Å². The van der Waals surface area contributed by atoms with Crippen molar-refractivity contribution in [1.82, 2.24) is 9.21 Å². The predicted octanol–water partition coefficient (Wildman–Crippen LogP) is 3.55. The molecule has 8 heteroatoms. The van der Waals surface area contributed by atoms with Crippen LogP contribution in [-0.4, -0.2) is 49.7 Å². The quantitative estimate of drug-likeness (QED) is 0.696. The van der Waals surface area contributed by atoms with Gasteiger partial charge in [-0.2, -0.15) is 4.31 Å². The SMILES string of the molecule is CC(C)c1ccc(CCC(=O)N2CCN(S(=O)(=O)c3cc(F)ccc3F)CC2)cc1. The fourth-order valence-corrected chi connectivity index (χ4v) is 4.97. The molecule has 1 fully saturated rings. The molecule has 1 saturated heterocycles. The Morgan fingerprint density at radius 2 is 1.63 bits per heavy atom. The second-order valence-corrected chi connectivity index (χ2v) is 9.66. The summed E-state index contributed by atoms with van der Waals surface area (Å²) in [5.41, 5.74) is 2.33. The number of aryl methyl sites for hydroxylation is 1. The number of hydrogen-bond acceptors (Lipinski definition) is 3. The molecule has 0 aliphatic carbocycles. The van der Waals surface area contributed by atoms with Gasteiger partial charge in [-0.05, 0) is 41.7 Å². The Labute approximate surface area is 176 Å². The molecule has 3 rings (SSSR count). The molecule has 1 aliphatic heterocycles. The molecule has 0 bridgehead atoms. The third-order valence-corrected chi connectivity index (χ3v) is 7.29. The lowest BCUT2D eigenvalue weighted by atomic mass is 10.00. The molecule has 0 aromatic heterocycles. The second-order valence-electron chi connectivity index (χ2n) is 7.76. The zero-order chi connectivity index (χ0) is 21.9. The number of benzene rings is 2. The van der Waals surface area contributed by atoms with Crippen LogP contribution in [0.2, 0.25) is 0 Å². The van der Waals surface area contributed by atoms with Gasteiger partial charge in [0.1, 0.15) is 16.5 Å². The number of carbonyl (C=O) groups is 1. The molecule has 0 N–H and O–H groups in total. The zero-order valence-electron chi connectivity index (χ0n) is 17.1. The zero-order valence-corrected chi connectivity index (χ0v) is 18.0. The van der Waals surface area contributed by atoms with Gasteiger partial charge in [-0.25, -0.2) is 17.2 Å². The van der Waals surface area contributed by atoms with E-state index < -0.39 is 26.6 Å². The summed E-state index contributed by atoms with van der Waals surface area (Å²) < 4.78 is 53.7. The van der Waals surface area contributed by atoms with Gasteiger partial charge in [-0.1, -0.05) is 38.1 Å². The first kappa shape index (κ1) is 22.4. The van der Waals surface area contributed by atoms with Gasteiger partial charge in [0.15, 0.2) is 0 Å². The molecule has 0 saturated carbocycles. The van der Waals surface area contributed by atoms with Crippen molar-refractivity contribution in [3.63, 3.8) is 0 Å². The average Bonchev–Trinajstić information content (AvgIpc) is 2.74. The summed E-state index contributed by atoms with van der Waals surface area (Å²) in [5.74, 6) is -1.39. The van der Waals surface area contributed by atoms with E-state index in [-0.39, 0.29) is 32.1 Å². The number of hydrogen-bond donors (Lipinski definition) is 0. The highest BCUT2D eigenvalue weighted by Crippen LogP contribution is 2.22. The molecule has 0 atom stereocenters. The Balaban J connectivity index is 1.55. The molecule has 5 nitrogen and oxygen atoms in total. The second kappa shape index (κ2) is 9.22. The van der Waals surface area contributed by atoms with E-state index in [9.17, 15) is 22.0 Å². The van der Waals surface area contributed by atoms with Crippen LogP contribution in [0.3, 0.4) is 0 Å². The molecule has 0 spiro atoms. The van der Waals surface area contributed by atoms with Gasteiger partial charge in [0.25, 0.3) is 0 Å². The van der Waals surface area contributed by atoms with Crippen LogP contribution in [0.4, 0.5) is 8.78 Å². The summed E-state index contributed by atoms with van der Waals surface area (Å²) in [6.07, 6.45) is 0.955. The van der Waals surface area contributed by atoms with Crippen molar-refractivity contribution < 1.29 is 22.0 Å². The average molecular weight is 437 g/mol. The number of carbonyl (C=O) groups excluding carboxylic acids is 1. The highest BCUT2D eigenvalue weighted by atomic mass is 32.2. The molecule has 2 aromatic carbocycles. The number of amides is 1. The summed E-state index contributed by atoms with van der Waals surface area (Å²) in [6, 6.07) is 10.6. The van der Waals surface area contributed by atoms with E-state index in [4.69, 9.17) is 0 Å². The highest BCUT2D eigenvalue weighted by Gasteiger charge is 2.32. The Bertz CT molecular complexity index is 1000. The van der Waals surface area contributed by atoms with Crippen molar-refractivity contribution in [2.45, 2.75) is 37.5 Å². The van der Waals surface area contributed by atoms with Crippen LogP contribution < -0.4 is 0 Å². The maximum atomic E-state index is 13.9. The van der Waals surface area contributed by atoms with Crippen molar-refractivity contribution in [2.75, 3.05) is 26.2 Å². The summed E-state index contributed by atoms with van der Waals surface area (Å²) in [4.78, 5) is 13.5. The van der Waals surface area contributed by atoms with Crippen molar-refractivity contribution in [3.8, 4) is 0 Å². The Morgan fingerprint density at radius 3 is 2.23 bits per heavy atom. The van der Waals surface area contributed by atoms with Gasteiger partial charge in [-0.15, -0.1) is 0 Å². The van der Waals surface area contributed by atoms with Crippen LogP contribution in [-0.2, 0) is 21.2 Å². The van der Waals surface area contributed by atoms with Crippen LogP contribution in [0.1, 0.15) is 37.3 Å². The summed E-state index contributed by atoms with van der Waals surface area (Å²) in [7, 11) is -4.15. The van der Waals surface area contributed by atoms with E-state index in [1.54, 1.807) is 4.90 Å². The minimum Gasteiger partial charge on any atom is -0.340 e. The van der Waals surface area contributed by atoms with Crippen LogP contribution in [0, 0.1) is 11.6 Å². The topological polar surface area (TPSA) is 57.7 Å². The summed E-state index contributed by atoms with van der Waals surface area (Å²) in [5, 5.41) is 0. The van der Waals surface area contributed by atoms with Crippen molar-refractivity contribution in [3.05, 3.63) is 65.2 Å². The van der Waals surface area contributed by atoms with E-state index in [0.717, 1.165) is 22.0 Å². The Morgan fingerprint density at radius 1 is 1.00 bits per heavy atom. The predicted molar refractivity (Wildman–Crippen MR) is 111 cm³/mol. The lowest BCUT2D eigenvalue weighted by Crippen LogP contribution is -2.50. The number of sulfonamides is 1. The lowest BCUT2D eigenvalue weighted by molar-refractivity contribution is -0.132. The molecule has 2 aromatic rings. The molecule has 30 heavy (non-hydrogen) atoms. The monoisotopic (exact) mass is 436 g/mol. The van der Waals surface area contributed by atoms with Crippen molar-refractivity contribution >= 4 is 15.9 Å². The van der Waals surface area contributed by atoms with E-state index in [2.05, 4.69) is 26.0 Å². The first-order valence-electron chi connectivity index (χ1n) is 10.0. The molecular weight excluding hydrogens is 410 g/mol. The van der Waals surface area contributed by atoms with Crippen LogP contribution in [0.5, 0.6) is 0 Å². The standard InChI is InChI=1S/C22H26F2N2O3S/c1-16(2)18-6-3-17(4-7-18)5-10-22(27)25-11-13-26(14-12-25)30(28,29)21-15-19(23)8-9-20(21)24/h3-4,6-9,15-16H,5,10-14H2,1-2H3. The molecule has 1 aliphatic rings. The number of piperazine rings is 1. The van der Waals surface area contributed by atoms with E-state index >= 15 is 0 Å². The normalized spacial score (nSPS) is 15.6. The van der Waals surface area contributed by atoms with Gasteiger partial charge in [0.2, 0.25) is 15.9 Å². The first-order chi connectivity index (χ1) is 14.2. The summed E-state index contributed by atoms with van der Waals surface area (Å²) in [6.45, 7) is 4.80. The minimum atomic E-state index is -4.15. The number of halogens is 2. The van der Waals surface area contributed by atoms with Crippen molar-refractivity contribution in [2.24, 2.45) is 0 Å². The fraction of sp³-hybridized carbons (Fsp3) is 0.409. The minimum absolute atomic E-state index is 0.0445. The molecule has 0 radical (unpaired) electrons.